The molecule has 0 unspecified atom stereocenters. The number of nitrogens with one attached hydrogen (secondary N) is 1. The normalized spacial score (nSPS) is 16.8. The van der Waals surface area contributed by atoms with Gasteiger partial charge in [0.1, 0.15) is 0 Å². The second-order valence-electron chi connectivity index (χ2n) is 4.39. The molecule has 17 heavy (non-hydrogen) atoms. The van der Waals surface area contributed by atoms with Crippen LogP contribution in [0.4, 0.5) is 5.69 Å². The lowest BCUT2D eigenvalue weighted by atomic mass is 9.99. The number of halogens is 1. The molecule has 0 bridgehead atoms. The predicted molar refractivity (Wildman–Crippen MR) is 71.1 cm³/mol. The van der Waals surface area contributed by atoms with E-state index < -0.39 is 0 Å². The lowest BCUT2D eigenvalue weighted by Gasteiger charge is -2.21. The minimum Gasteiger partial charge on any atom is -0.381 e. The Morgan fingerprint density at radius 2 is 2.06 bits per heavy atom. The molecule has 92 valence electrons. The quantitative estimate of drug-likeness (QED) is 0.911. The fraction of sp³-hybridized carbons (Fsp3) is 0.462. The number of rotatable bonds is 2. The molecule has 4 heteroatoms. The summed E-state index contributed by atoms with van der Waals surface area (Å²) in [5.41, 5.74) is 1.98. The highest BCUT2D eigenvalue weighted by Gasteiger charge is 2.21. The van der Waals surface area contributed by atoms with Gasteiger partial charge in [0.15, 0.2) is 0 Å². The maximum atomic E-state index is 12.0. The van der Waals surface area contributed by atoms with E-state index >= 15 is 0 Å². The monoisotopic (exact) mass is 297 g/mol. The number of hydrogen-bond acceptors (Lipinski definition) is 2. The number of amides is 1. The van der Waals surface area contributed by atoms with Crippen LogP contribution in [0.15, 0.2) is 22.7 Å². The smallest absolute Gasteiger partial charge is 0.227 e. The number of aryl methyl sites for hydroxylation is 1. The first-order valence-electron chi connectivity index (χ1n) is 5.81. The summed E-state index contributed by atoms with van der Waals surface area (Å²) in [6.07, 6.45) is 1.64. The highest BCUT2D eigenvalue weighted by Crippen LogP contribution is 2.21. The Balaban J connectivity index is 2.01. The van der Waals surface area contributed by atoms with Gasteiger partial charge in [-0.3, -0.25) is 4.79 Å². The first kappa shape index (κ1) is 12.6. The average molecular weight is 298 g/mol. The minimum atomic E-state index is 0.0861. The molecule has 1 saturated heterocycles. The van der Waals surface area contributed by atoms with Crippen molar-refractivity contribution in [1.82, 2.24) is 0 Å². The van der Waals surface area contributed by atoms with Crippen molar-refractivity contribution in [2.75, 3.05) is 18.5 Å². The van der Waals surface area contributed by atoms with Crippen molar-refractivity contribution in [1.29, 1.82) is 0 Å². The van der Waals surface area contributed by atoms with Crippen LogP contribution in [0.3, 0.4) is 0 Å². The molecule has 1 fully saturated rings. The van der Waals surface area contributed by atoms with Gasteiger partial charge in [-0.2, -0.15) is 0 Å². The first-order valence-corrected chi connectivity index (χ1v) is 6.60. The summed E-state index contributed by atoms with van der Waals surface area (Å²) < 4.78 is 6.24. The fourth-order valence-corrected chi connectivity index (χ4v) is 2.62. The largest absolute Gasteiger partial charge is 0.381 e. The van der Waals surface area contributed by atoms with Crippen LogP contribution in [0.2, 0.25) is 0 Å². The van der Waals surface area contributed by atoms with Crippen molar-refractivity contribution >= 4 is 27.5 Å². The van der Waals surface area contributed by atoms with Crippen LogP contribution in [-0.2, 0) is 9.53 Å². The van der Waals surface area contributed by atoms with E-state index in [4.69, 9.17) is 4.74 Å². The molecule has 1 aromatic rings. The zero-order valence-electron chi connectivity index (χ0n) is 9.83. The SMILES string of the molecule is Cc1cc(Br)cc(NC(=O)C2CCOCC2)c1. The zero-order valence-corrected chi connectivity index (χ0v) is 11.4. The molecule has 0 radical (unpaired) electrons. The summed E-state index contributed by atoms with van der Waals surface area (Å²) >= 11 is 3.43. The van der Waals surface area contributed by atoms with Crippen LogP contribution < -0.4 is 5.32 Å². The van der Waals surface area contributed by atoms with Crippen molar-refractivity contribution < 1.29 is 9.53 Å². The van der Waals surface area contributed by atoms with Crippen LogP contribution in [0.25, 0.3) is 0 Å². The summed E-state index contributed by atoms with van der Waals surface area (Å²) in [6.45, 7) is 3.39. The maximum absolute atomic E-state index is 12.0. The van der Waals surface area contributed by atoms with Gasteiger partial charge in [0, 0.05) is 29.3 Å². The van der Waals surface area contributed by atoms with Gasteiger partial charge in [0.25, 0.3) is 0 Å². The Labute approximate surface area is 110 Å². The molecule has 0 aromatic heterocycles. The number of hydrogen-bond donors (Lipinski definition) is 1. The topological polar surface area (TPSA) is 38.3 Å². The molecular formula is C13H16BrNO2. The van der Waals surface area contributed by atoms with Crippen LogP contribution in [0.1, 0.15) is 18.4 Å². The van der Waals surface area contributed by atoms with Gasteiger partial charge >= 0.3 is 0 Å². The first-order chi connectivity index (χ1) is 8.15. The molecule has 1 N–H and O–H groups in total. The Hall–Kier alpha value is -0.870. The highest BCUT2D eigenvalue weighted by atomic mass is 79.9. The molecule has 2 rings (SSSR count). The molecule has 1 aliphatic heterocycles. The summed E-state index contributed by atoms with van der Waals surface area (Å²) in [6, 6.07) is 5.91. The van der Waals surface area contributed by atoms with Crippen molar-refractivity contribution in [2.45, 2.75) is 19.8 Å². The number of ether oxygens (including phenoxy) is 1. The summed E-state index contributed by atoms with van der Waals surface area (Å²) in [4.78, 5) is 12.0. The molecule has 1 aromatic carbocycles. The second kappa shape index (κ2) is 5.65. The minimum absolute atomic E-state index is 0.0861. The molecule has 1 aliphatic rings. The highest BCUT2D eigenvalue weighted by molar-refractivity contribution is 9.10. The lowest BCUT2D eigenvalue weighted by molar-refractivity contribution is -0.122. The molecule has 0 saturated carbocycles. The van der Waals surface area contributed by atoms with Crippen molar-refractivity contribution in [2.24, 2.45) is 5.92 Å². The molecule has 0 spiro atoms. The van der Waals surface area contributed by atoms with Gasteiger partial charge in [-0.15, -0.1) is 0 Å². The fourth-order valence-electron chi connectivity index (χ4n) is 2.01. The van der Waals surface area contributed by atoms with E-state index in [0.717, 1.165) is 28.6 Å². The van der Waals surface area contributed by atoms with Gasteiger partial charge in [-0.1, -0.05) is 15.9 Å². The van der Waals surface area contributed by atoms with Crippen LogP contribution in [-0.4, -0.2) is 19.1 Å². The molecule has 1 amide bonds. The van der Waals surface area contributed by atoms with Crippen LogP contribution >= 0.6 is 15.9 Å². The van der Waals surface area contributed by atoms with E-state index in [-0.39, 0.29) is 11.8 Å². The van der Waals surface area contributed by atoms with Gasteiger partial charge in [0.05, 0.1) is 0 Å². The molecule has 0 aliphatic carbocycles. The van der Waals surface area contributed by atoms with E-state index in [2.05, 4.69) is 21.2 Å². The third-order valence-corrected chi connectivity index (χ3v) is 3.36. The Kier molecular flexibility index (Phi) is 4.18. The van der Waals surface area contributed by atoms with E-state index in [1.165, 1.54) is 0 Å². The third kappa shape index (κ3) is 3.54. The number of carbonyl (C=O) groups excluding carboxylic acids is 1. The number of carbonyl (C=O) groups is 1. The van der Waals surface area contributed by atoms with Crippen molar-refractivity contribution in [3.05, 3.63) is 28.2 Å². The summed E-state index contributed by atoms with van der Waals surface area (Å²) in [5, 5.41) is 2.97. The maximum Gasteiger partial charge on any atom is 0.227 e. The van der Waals surface area contributed by atoms with Crippen LogP contribution in [0.5, 0.6) is 0 Å². The van der Waals surface area contributed by atoms with Crippen molar-refractivity contribution in [3.63, 3.8) is 0 Å². The Morgan fingerprint density at radius 1 is 1.35 bits per heavy atom. The van der Waals surface area contributed by atoms with Crippen molar-refractivity contribution in [3.8, 4) is 0 Å². The van der Waals surface area contributed by atoms with Gasteiger partial charge in [-0.05, 0) is 43.5 Å². The van der Waals surface area contributed by atoms with Gasteiger partial charge in [0.2, 0.25) is 5.91 Å². The zero-order chi connectivity index (χ0) is 12.3. The summed E-state index contributed by atoms with van der Waals surface area (Å²) in [7, 11) is 0. The number of benzene rings is 1. The molecule has 1 heterocycles. The number of anilines is 1. The predicted octanol–water partition coefficient (Wildman–Crippen LogP) is 3.12. The van der Waals surface area contributed by atoms with E-state index in [0.29, 0.717) is 13.2 Å². The third-order valence-electron chi connectivity index (χ3n) is 2.90. The molecule has 0 atom stereocenters. The lowest BCUT2D eigenvalue weighted by Crippen LogP contribution is -2.28. The molecule has 3 nitrogen and oxygen atoms in total. The van der Waals surface area contributed by atoms with Crippen LogP contribution in [0, 0.1) is 12.8 Å². The Bertz CT molecular complexity index is 394. The van der Waals surface area contributed by atoms with E-state index in [1.807, 2.05) is 25.1 Å². The Morgan fingerprint density at radius 3 is 2.71 bits per heavy atom. The average Bonchev–Trinajstić information content (AvgIpc) is 2.28. The van der Waals surface area contributed by atoms with Gasteiger partial charge < -0.3 is 10.1 Å². The van der Waals surface area contributed by atoms with Gasteiger partial charge in [-0.25, -0.2) is 0 Å². The summed E-state index contributed by atoms with van der Waals surface area (Å²) in [5.74, 6) is 0.189. The van der Waals surface area contributed by atoms with E-state index in [9.17, 15) is 4.79 Å². The van der Waals surface area contributed by atoms with E-state index in [1.54, 1.807) is 0 Å². The molecular weight excluding hydrogens is 282 g/mol. The standard InChI is InChI=1S/C13H16BrNO2/c1-9-6-11(14)8-12(7-9)15-13(16)10-2-4-17-5-3-10/h6-8,10H,2-5H2,1H3,(H,15,16). The second-order valence-corrected chi connectivity index (χ2v) is 5.31.